The Hall–Kier alpha value is -1.97. The number of carboxylic acid groups (broad SMARTS) is 1. The van der Waals surface area contributed by atoms with E-state index in [1.54, 1.807) is 15.9 Å². The predicted octanol–water partition coefficient (Wildman–Crippen LogP) is 0.280. The molecule has 8 nitrogen and oxygen atoms in total. The van der Waals surface area contributed by atoms with Crippen molar-refractivity contribution in [2.24, 2.45) is 0 Å². The largest absolute Gasteiger partial charge is 0.479 e. The molecule has 9 heteroatoms. The average Bonchev–Trinajstić information content (AvgIpc) is 2.45. The van der Waals surface area contributed by atoms with Crippen molar-refractivity contribution in [3.63, 3.8) is 0 Å². The van der Waals surface area contributed by atoms with Gasteiger partial charge in [-0.25, -0.2) is 13.2 Å². The number of nitrogens with zero attached hydrogens (tertiary/aromatic N) is 1. The number of carboxylic acids is 1. The Bertz CT molecular complexity index is 700. The first-order chi connectivity index (χ1) is 10.3. The van der Waals surface area contributed by atoms with Crippen molar-refractivity contribution in [2.75, 3.05) is 18.1 Å². The first-order valence-corrected chi connectivity index (χ1v) is 8.06. The van der Waals surface area contributed by atoms with Crippen molar-refractivity contribution >= 4 is 27.6 Å². The van der Waals surface area contributed by atoms with Crippen molar-refractivity contribution in [1.82, 2.24) is 4.89 Å². The maximum absolute atomic E-state index is 12.0. The number of hydrogen-bond acceptors (Lipinski definition) is 5. The number of aliphatic carboxylic acids is 1. The fourth-order valence-corrected chi connectivity index (χ4v) is 3.14. The molecule has 120 valence electrons. The maximum Gasteiger partial charge on any atom is 0.331 e. The zero-order chi connectivity index (χ0) is 16.3. The highest BCUT2D eigenvalue weighted by molar-refractivity contribution is 7.89. The molecular formula is C13H16N2O6S. The second-order valence-electron chi connectivity index (χ2n) is 4.83. The fourth-order valence-electron chi connectivity index (χ4n) is 2.28. The van der Waals surface area contributed by atoms with E-state index >= 15 is 0 Å². The number of carbonyl (C=O) groups is 2. The number of anilines is 1. The molecular weight excluding hydrogens is 312 g/mol. The molecule has 0 bridgehead atoms. The van der Waals surface area contributed by atoms with Gasteiger partial charge in [-0.1, -0.05) is 4.89 Å². The summed E-state index contributed by atoms with van der Waals surface area (Å²) in [4.78, 5) is 29.6. The van der Waals surface area contributed by atoms with Crippen LogP contribution in [0.2, 0.25) is 0 Å². The number of sulfonamides is 1. The van der Waals surface area contributed by atoms with Gasteiger partial charge in [0.15, 0.2) is 6.61 Å². The van der Waals surface area contributed by atoms with E-state index in [1.165, 1.54) is 19.1 Å². The molecule has 1 aromatic rings. The van der Waals surface area contributed by atoms with E-state index in [-0.39, 0.29) is 10.8 Å². The summed E-state index contributed by atoms with van der Waals surface area (Å²) >= 11 is 0. The molecule has 2 rings (SSSR count). The highest BCUT2D eigenvalue weighted by Gasteiger charge is 2.23. The number of rotatable bonds is 5. The Morgan fingerprint density at radius 2 is 2.14 bits per heavy atom. The SMILES string of the molecule is CC(=O)N1CCCc2cc(S(=O)(=O)NOCC(=O)O)ccc21. The van der Waals surface area contributed by atoms with Gasteiger partial charge in [-0.2, -0.15) is 0 Å². The molecule has 0 aliphatic carbocycles. The molecule has 0 saturated heterocycles. The van der Waals surface area contributed by atoms with Crippen molar-refractivity contribution in [3.8, 4) is 0 Å². The van der Waals surface area contributed by atoms with Gasteiger partial charge in [0.1, 0.15) is 0 Å². The van der Waals surface area contributed by atoms with Crippen LogP contribution in [0.15, 0.2) is 23.1 Å². The van der Waals surface area contributed by atoms with Crippen molar-refractivity contribution in [3.05, 3.63) is 23.8 Å². The fraction of sp³-hybridized carbons (Fsp3) is 0.385. The first-order valence-electron chi connectivity index (χ1n) is 6.57. The molecule has 0 spiro atoms. The summed E-state index contributed by atoms with van der Waals surface area (Å²) in [5.41, 5.74) is 1.45. The van der Waals surface area contributed by atoms with Gasteiger partial charge in [-0.05, 0) is 36.6 Å². The van der Waals surface area contributed by atoms with E-state index in [0.717, 1.165) is 12.0 Å². The van der Waals surface area contributed by atoms with Crippen LogP contribution in [0.25, 0.3) is 0 Å². The van der Waals surface area contributed by atoms with Gasteiger partial charge in [0.2, 0.25) is 5.91 Å². The summed E-state index contributed by atoms with van der Waals surface area (Å²) in [5, 5.41) is 8.42. The molecule has 1 heterocycles. The average molecular weight is 328 g/mol. The molecule has 1 amide bonds. The minimum Gasteiger partial charge on any atom is -0.479 e. The van der Waals surface area contributed by atoms with Crippen molar-refractivity contribution < 1.29 is 28.0 Å². The highest BCUT2D eigenvalue weighted by atomic mass is 32.2. The molecule has 0 radical (unpaired) electrons. The van der Waals surface area contributed by atoms with E-state index in [0.29, 0.717) is 18.7 Å². The molecule has 1 aromatic carbocycles. The van der Waals surface area contributed by atoms with Crippen LogP contribution in [0.3, 0.4) is 0 Å². The van der Waals surface area contributed by atoms with E-state index in [1.807, 2.05) is 0 Å². The Labute approximate surface area is 127 Å². The molecule has 2 N–H and O–H groups in total. The number of aryl methyl sites for hydroxylation is 1. The van der Waals surface area contributed by atoms with E-state index in [4.69, 9.17) is 5.11 Å². The standard InChI is InChI=1S/C13H16N2O6S/c1-9(16)15-6-2-3-10-7-11(4-5-12(10)15)22(19,20)14-21-8-13(17)18/h4-5,7,14H,2-3,6,8H2,1H3,(H,17,18). The van der Waals surface area contributed by atoms with Gasteiger partial charge in [0.05, 0.1) is 4.90 Å². The van der Waals surface area contributed by atoms with Crippen LogP contribution in [0.4, 0.5) is 5.69 Å². The number of carbonyl (C=O) groups excluding carboxylic acids is 1. The minimum absolute atomic E-state index is 0.0398. The molecule has 0 fully saturated rings. The molecule has 22 heavy (non-hydrogen) atoms. The lowest BCUT2D eigenvalue weighted by atomic mass is 10.0. The van der Waals surface area contributed by atoms with Crippen molar-refractivity contribution in [2.45, 2.75) is 24.7 Å². The number of benzene rings is 1. The van der Waals surface area contributed by atoms with Crippen LogP contribution in [-0.4, -0.2) is 38.6 Å². The van der Waals surface area contributed by atoms with Crippen LogP contribution in [0.5, 0.6) is 0 Å². The molecule has 0 atom stereocenters. The Morgan fingerprint density at radius 1 is 1.41 bits per heavy atom. The van der Waals surface area contributed by atoms with Gasteiger partial charge >= 0.3 is 5.97 Å². The Balaban J connectivity index is 2.23. The number of amides is 1. The minimum atomic E-state index is -3.97. The second-order valence-corrected chi connectivity index (χ2v) is 6.48. The van der Waals surface area contributed by atoms with Gasteiger partial charge in [0.25, 0.3) is 10.0 Å². The Morgan fingerprint density at radius 3 is 2.77 bits per heavy atom. The maximum atomic E-state index is 12.0. The number of hydrogen-bond donors (Lipinski definition) is 2. The van der Waals surface area contributed by atoms with Crippen molar-refractivity contribution in [1.29, 1.82) is 0 Å². The Kier molecular flexibility index (Phi) is 4.79. The van der Waals surface area contributed by atoms with Crippen LogP contribution in [-0.2, 0) is 30.9 Å². The van der Waals surface area contributed by atoms with Gasteiger partial charge in [0, 0.05) is 19.2 Å². The van der Waals surface area contributed by atoms with Crippen LogP contribution in [0.1, 0.15) is 18.9 Å². The van der Waals surface area contributed by atoms with E-state index < -0.39 is 22.6 Å². The highest BCUT2D eigenvalue weighted by Crippen LogP contribution is 2.29. The lowest BCUT2D eigenvalue weighted by Crippen LogP contribution is -2.34. The summed E-state index contributed by atoms with van der Waals surface area (Å²) in [6, 6.07) is 4.39. The van der Waals surface area contributed by atoms with Gasteiger partial charge in [-0.3, -0.25) is 9.63 Å². The third kappa shape index (κ3) is 3.62. The van der Waals surface area contributed by atoms with Crippen LogP contribution in [0, 0.1) is 0 Å². The quantitative estimate of drug-likeness (QED) is 0.751. The summed E-state index contributed by atoms with van der Waals surface area (Å²) in [7, 11) is -3.97. The van der Waals surface area contributed by atoms with E-state index in [9.17, 15) is 18.0 Å². The monoisotopic (exact) mass is 328 g/mol. The summed E-state index contributed by atoms with van der Waals surface area (Å²) in [6.45, 7) is 1.29. The smallest absolute Gasteiger partial charge is 0.331 e. The summed E-state index contributed by atoms with van der Waals surface area (Å²) in [5.74, 6) is -1.38. The van der Waals surface area contributed by atoms with Crippen LogP contribution < -0.4 is 9.79 Å². The normalized spacial score (nSPS) is 14.5. The molecule has 1 aliphatic heterocycles. The zero-order valence-electron chi connectivity index (χ0n) is 11.9. The molecule has 0 unspecified atom stereocenters. The molecule has 1 aliphatic rings. The van der Waals surface area contributed by atoms with Gasteiger partial charge in [-0.15, -0.1) is 0 Å². The first kappa shape index (κ1) is 16.4. The third-order valence-electron chi connectivity index (χ3n) is 3.22. The van der Waals surface area contributed by atoms with Gasteiger partial charge < -0.3 is 10.0 Å². The number of fused-ring (bicyclic) bond motifs is 1. The molecule has 0 aromatic heterocycles. The van der Waals surface area contributed by atoms with E-state index in [2.05, 4.69) is 4.84 Å². The third-order valence-corrected chi connectivity index (χ3v) is 4.44. The zero-order valence-corrected chi connectivity index (χ0v) is 12.7. The lowest BCUT2D eigenvalue weighted by Gasteiger charge is -2.28. The predicted molar refractivity (Wildman–Crippen MR) is 76.7 cm³/mol. The molecule has 0 saturated carbocycles. The summed E-state index contributed by atoms with van der Waals surface area (Å²) in [6.07, 6.45) is 1.41. The lowest BCUT2D eigenvalue weighted by molar-refractivity contribution is -0.143. The van der Waals surface area contributed by atoms with Crippen LogP contribution >= 0.6 is 0 Å². The topological polar surface area (TPSA) is 113 Å². The summed E-state index contributed by atoms with van der Waals surface area (Å²) < 4.78 is 24.0. The second kappa shape index (κ2) is 6.42. The number of nitrogens with one attached hydrogen (secondary N) is 1.